The lowest BCUT2D eigenvalue weighted by Crippen LogP contribution is -2.46. The number of phenols is 1. The summed E-state index contributed by atoms with van der Waals surface area (Å²) in [5, 5.41) is 24.4. The number of rotatable bonds is 13. The second-order valence-electron chi connectivity index (χ2n) is 13.8. The molecular weight excluding hydrogens is 605 g/mol. The number of nitrogens with two attached hydrogens (primary N) is 1. The first-order valence-corrected chi connectivity index (χ1v) is 16.7. The first-order chi connectivity index (χ1) is 21.0. The minimum absolute atomic E-state index is 0.121. The summed E-state index contributed by atoms with van der Waals surface area (Å²) in [6.45, 7) is 18.0. The van der Waals surface area contributed by atoms with Crippen molar-refractivity contribution in [2.45, 2.75) is 104 Å². The largest absolute Gasteiger partial charge is 0.506 e. The Labute approximate surface area is 280 Å². The highest BCUT2D eigenvalue weighted by Crippen LogP contribution is 2.46. The predicted octanol–water partition coefficient (Wildman–Crippen LogP) is 9.93. The number of benzene rings is 3. The van der Waals surface area contributed by atoms with Gasteiger partial charge >= 0.3 is 0 Å². The van der Waals surface area contributed by atoms with Crippen molar-refractivity contribution < 1.29 is 19.7 Å². The lowest BCUT2D eigenvalue weighted by molar-refractivity contribution is 0.0598. The van der Waals surface area contributed by atoms with E-state index in [1.807, 2.05) is 36.4 Å². The summed E-state index contributed by atoms with van der Waals surface area (Å²) in [7, 11) is 0. The van der Waals surface area contributed by atoms with Crippen LogP contribution in [0.5, 0.6) is 17.2 Å². The van der Waals surface area contributed by atoms with Gasteiger partial charge in [0.05, 0.1) is 24.3 Å². The zero-order valence-electron chi connectivity index (χ0n) is 28.1. The van der Waals surface area contributed by atoms with E-state index in [1.54, 1.807) is 18.2 Å². The Hall–Kier alpha value is -2.70. The van der Waals surface area contributed by atoms with Gasteiger partial charge in [0, 0.05) is 21.7 Å². The van der Waals surface area contributed by atoms with E-state index in [1.165, 1.54) is 6.07 Å². The first-order valence-electron chi connectivity index (χ1n) is 15.9. The van der Waals surface area contributed by atoms with Crippen molar-refractivity contribution in [2.24, 2.45) is 5.73 Å². The molecule has 5 nitrogen and oxygen atoms in total. The van der Waals surface area contributed by atoms with Crippen LogP contribution in [-0.4, -0.2) is 29.5 Å². The average Bonchev–Trinajstić information content (AvgIpc) is 2.97. The SMILES string of the molecule is CCCCOc1ccc(C(C)(C)C)cc1C(O)(c1cc(C(C)(C)C)ccc1OCCCC)[C@H](N)C=Cc1cc(Cl)cc(Cl)c1O. The van der Waals surface area contributed by atoms with Gasteiger partial charge in [-0.1, -0.05) is 116 Å². The summed E-state index contributed by atoms with van der Waals surface area (Å²) in [5.74, 6) is 0.985. The molecule has 0 aliphatic carbocycles. The van der Waals surface area contributed by atoms with Crippen molar-refractivity contribution in [1.29, 1.82) is 0 Å². The Morgan fingerprint density at radius 3 is 1.67 bits per heavy atom. The van der Waals surface area contributed by atoms with Crippen molar-refractivity contribution >= 4 is 29.3 Å². The fourth-order valence-corrected chi connectivity index (χ4v) is 5.57. The van der Waals surface area contributed by atoms with Gasteiger partial charge in [0.15, 0.2) is 0 Å². The smallest absolute Gasteiger partial charge is 0.141 e. The van der Waals surface area contributed by atoms with Crippen LogP contribution in [0.25, 0.3) is 6.08 Å². The molecule has 3 aromatic carbocycles. The predicted molar refractivity (Wildman–Crippen MR) is 189 cm³/mol. The van der Waals surface area contributed by atoms with Gasteiger partial charge in [0.2, 0.25) is 0 Å². The molecule has 0 amide bonds. The monoisotopic (exact) mass is 655 g/mol. The average molecular weight is 657 g/mol. The number of unbranched alkanes of at least 4 members (excludes halogenated alkanes) is 2. The summed E-state index contributed by atoms with van der Waals surface area (Å²) in [5.41, 5.74) is 8.35. The molecule has 45 heavy (non-hydrogen) atoms. The van der Waals surface area contributed by atoms with E-state index >= 15 is 0 Å². The molecule has 0 saturated carbocycles. The molecule has 0 radical (unpaired) electrons. The highest BCUT2D eigenvalue weighted by molar-refractivity contribution is 6.35. The standard InChI is InChI=1S/C38H51Cl2NO4/c1-9-11-19-44-32-16-14-26(36(3,4)5)22-29(32)38(43,34(41)18-13-25-21-28(39)24-31(40)35(25)42)30-23-27(37(6,7)8)15-17-33(30)45-20-12-10-2/h13-18,21-24,34,42-43H,9-12,19-20,41H2,1-8H3/t34-/m1/s1. The van der Waals surface area contributed by atoms with Crippen LogP contribution in [0.3, 0.4) is 0 Å². The van der Waals surface area contributed by atoms with Crippen molar-refractivity contribution in [3.8, 4) is 17.2 Å². The molecule has 0 bridgehead atoms. The summed E-state index contributed by atoms with van der Waals surface area (Å²) in [6.07, 6.45) is 6.97. The Balaban J connectivity index is 2.40. The molecule has 1 atom stereocenters. The second-order valence-corrected chi connectivity index (χ2v) is 14.6. The molecule has 0 aromatic heterocycles. The van der Waals surface area contributed by atoms with Gasteiger partial charge in [-0.25, -0.2) is 0 Å². The van der Waals surface area contributed by atoms with Crippen LogP contribution >= 0.6 is 23.2 Å². The third-order valence-electron chi connectivity index (χ3n) is 8.05. The normalized spacial score (nSPS) is 13.3. The molecule has 0 aliphatic rings. The van der Waals surface area contributed by atoms with Crippen molar-refractivity contribution in [3.05, 3.63) is 92.5 Å². The number of aliphatic hydroxyl groups is 1. The van der Waals surface area contributed by atoms with Crippen LogP contribution in [-0.2, 0) is 16.4 Å². The van der Waals surface area contributed by atoms with Gasteiger partial charge in [0.25, 0.3) is 0 Å². The van der Waals surface area contributed by atoms with E-state index in [0.29, 0.717) is 46.4 Å². The van der Waals surface area contributed by atoms with Crippen LogP contribution in [0.2, 0.25) is 10.0 Å². The van der Waals surface area contributed by atoms with Gasteiger partial charge in [-0.3, -0.25) is 0 Å². The van der Waals surface area contributed by atoms with Crippen LogP contribution in [0.1, 0.15) is 109 Å². The number of halogens is 2. The highest BCUT2D eigenvalue weighted by atomic mass is 35.5. The number of hydrogen-bond acceptors (Lipinski definition) is 5. The Morgan fingerprint density at radius 1 is 0.778 bits per heavy atom. The maximum atomic E-state index is 13.3. The molecule has 246 valence electrons. The van der Waals surface area contributed by atoms with Crippen LogP contribution < -0.4 is 15.2 Å². The fraction of sp³-hybridized carbons (Fsp3) is 0.474. The molecule has 0 heterocycles. The molecule has 3 aromatic rings. The number of ether oxygens (including phenoxy) is 2. The number of aromatic hydroxyl groups is 1. The van der Waals surface area contributed by atoms with Gasteiger partial charge < -0.3 is 25.4 Å². The van der Waals surface area contributed by atoms with E-state index in [0.717, 1.165) is 36.8 Å². The summed E-state index contributed by atoms with van der Waals surface area (Å²) in [4.78, 5) is 0. The molecule has 7 heteroatoms. The third-order valence-corrected chi connectivity index (χ3v) is 8.55. The zero-order valence-corrected chi connectivity index (χ0v) is 29.6. The van der Waals surface area contributed by atoms with Gasteiger partial charge in [0.1, 0.15) is 22.8 Å². The van der Waals surface area contributed by atoms with Crippen molar-refractivity contribution in [3.63, 3.8) is 0 Å². The fourth-order valence-electron chi connectivity index (χ4n) is 5.06. The topological polar surface area (TPSA) is 84.9 Å². The Morgan fingerprint density at radius 2 is 1.24 bits per heavy atom. The van der Waals surface area contributed by atoms with Crippen LogP contribution in [0.4, 0.5) is 0 Å². The molecule has 4 N–H and O–H groups in total. The zero-order chi connectivity index (χ0) is 33.6. The van der Waals surface area contributed by atoms with E-state index in [4.69, 9.17) is 38.4 Å². The maximum absolute atomic E-state index is 13.3. The van der Waals surface area contributed by atoms with E-state index in [2.05, 4.69) is 55.4 Å². The Bertz CT molecular complexity index is 1400. The second kappa shape index (κ2) is 15.3. The molecule has 0 spiro atoms. The van der Waals surface area contributed by atoms with Crippen LogP contribution in [0.15, 0.2) is 54.6 Å². The van der Waals surface area contributed by atoms with E-state index < -0.39 is 11.6 Å². The molecule has 0 unspecified atom stereocenters. The highest BCUT2D eigenvalue weighted by Gasteiger charge is 2.43. The molecule has 0 saturated heterocycles. The van der Waals surface area contributed by atoms with Crippen LogP contribution in [0, 0.1) is 0 Å². The van der Waals surface area contributed by atoms with E-state index in [9.17, 15) is 10.2 Å². The molecular formula is C38H51Cl2NO4. The van der Waals surface area contributed by atoms with Gasteiger partial charge in [-0.05, 0) is 71.2 Å². The molecule has 0 fully saturated rings. The van der Waals surface area contributed by atoms with Gasteiger partial charge in [-0.15, -0.1) is 0 Å². The van der Waals surface area contributed by atoms with Crippen molar-refractivity contribution in [2.75, 3.05) is 13.2 Å². The lowest BCUT2D eigenvalue weighted by Gasteiger charge is -2.38. The molecule has 0 aliphatic heterocycles. The van der Waals surface area contributed by atoms with E-state index in [-0.39, 0.29) is 21.6 Å². The molecule has 3 rings (SSSR count). The quantitative estimate of drug-likeness (QED) is 0.160. The maximum Gasteiger partial charge on any atom is 0.141 e. The summed E-state index contributed by atoms with van der Waals surface area (Å²) < 4.78 is 12.7. The number of phenolic OH excluding ortho intramolecular Hbond substituents is 1. The van der Waals surface area contributed by atoms with Gasteiger partial charge in [-0.2, -0.15) is 0 Å². The minimum Gasteiger partial charge on any atom is -0.506 e. The third kappa shape index (κ3) is 8.98. The summed E-state index contributed by atoms with van der Waals surface area (Å²) in [6, 6.07) is 14.0. The summed E-state index contributed by atoms with van der Waals surface area (Å²) >= 11 is 12.5. The Kier molecular flexibility index (Phi) is 12.5. The lowest BCUT2D eigenvalue weighted by atomic mass is 9.74. The minimum atomic E-state index is -1.81. The van der Waals surface area contributed by atoms with Crippen molar-refractivity contribution in [1.82, 2.24) is 0 Å². The number of hydrogen-bond donors (Lipinski definition) is 3. The first kappa shape index (κ1) is 36.8.